The molecule has 5 nitrogen and oxygen atoms in total. The van der Waals surface area contributed by atoms with Crippen molar-refractivity contribution in [3.05, 3.63) is 77.4 Å². The van der Waals surface area contributed by atoms with Gasteiger partial charge in [-0.1, -0.05) is 31.2 Å². The Hall–Kier alpha value is -3.60. The van der Waals surface area contributed by atoms with Gasteiger partial charge in [0.05, 0.1) is 0 Å². The Balaban J connectivity index is 1.47. The van der Waals surface area contributed by atoms with Crippen molar-refractivity contribution < 1.29 is 13.9 Å². The highest BCUT2D eigenvalue weighted by Crippen LogP contribution is 2.28. The van der Waals surface area contributed by atoms with Crippen molar-refractivity contribution in [2.24, 2.45) is 0 Å². The van der Waals surface area contributed by atoms with E-state index in [2.05, 4.69) is 17.2 Å². The molecule has 0 saturated carbocycles. The molecule has 4 aromatic rings. The van der Waals surface area contributed by atoms with Crippen molar-refractivity contribution in [2.75, 3.05) is 11.9 Å². The maximum absolute atomic E-state index is 12.4. The van der Waals surface area contributed by atoms with Crippen LogP contribution in [0, 0.1) is 13.8 Å². The Labute approximate surface area is 175 Å². The summed E-state index contributed by atoms with van der Waals surface area (Å²) in [5.74, 6) is 0.982. The van der Waals surface area contributed by atoms with Crippen molar-refractivity contribution in [1.82, 2.24) is 4.98 Å². The number of nitrogens with one attached hydrogen (secondary N) is 1. The fourth-order valence-corrected chi connectivity index (χ4v) is 3.21. The average Bonchev–Trinajstić information content (AvgIpc) is 3.17. The quantitative estimate of drug-likeness (QED) is 0.451. The molecule has 0 atom stereocenters. The Morgan fingerprint density at radius 1 is 1.03 bits per heavy atom. The lowest BCUT2D eigenvalue weighted by molar-refractivity contribution is -0.118. The number of ether oxygens (including phenoxy) is 1. The summed E-state index contributed by atoms with van der Waals surface area (Å²) in [5, 5.41) is 2.92. The minimum Gasteiger partial charge on any atom is -0.484 e. The number of benzene rings is 3. The van der Waals surface area contributed by atoms with E-state index in [-0.39, 0.29) is 12.5 Å². The number of hydrogen-bond donors (Lipinski definition) is 1. The predicted octanol–water partition coefficient (Wildman–Crippen LogP) is 5.69. The molecule has 4 rings (SSSR count). The average molecular weight is 400 g/mol. The number of fused-ring (bicyclic) bond motifs is 1. The van der Waals surface area contributed by atoms with Gasteiger partial charge in [-0.2, -0.15) is 0 Å². The van der Waals surface area contributed by atoms with Crippen molar-refractivity contribution in [3.63, 3.8) is 0 Å². The molecule has 5 heteroatoms. The van der Waals surface area contributed by atoms with E-state index in [4.69, 9.17) is 9.15 Å². The van der Waals surface area contributed by atoms with Gasteiger partial charge in [0.25, 0.3) is 5.91 Å². The maximum atomic E-state index is 12.4. The second kappa shape index (κ2) is 8.41. The van der Waals surface area contributed by atoms with Gasteiger partial charge < -0.3 is 14.5 Å². The molecule has 0 aliphatic rings. The molecule has 30 heavy (non-hydrogen) atoms. The minimum atomic E-state index is -0.219. The topological polar surface area (TPSA) is 64.4 Å². The lowest BCUT2D eigenvalue weighted by Gasteiger charge is -2.11. The van der Waals surface area contributed by atoms with Crippen molar-refractivity contribution >= 4 is 22.7 Å². The fraction of sp³-hybridized carbons (Fsp3) is 0.200. The van der Waals surface area contributed by atoms with Gasteiger partial charge in [-0.3, -0.25) is 4.79 Å². The van der Waals surface area contributed by atoms with Gasteiger partial charge in [0.1, 0.15) is 11.3 Å². The highest BCUT2D eigenvalue weighted by molar-refractivity contribution is 5.93. The smallest absolute Gasteiger partial charge is 0.262 e. The number of carbonyl (C=O) groups excluding carboxylic acids is 1. The molecule has 1 amide bonds. The fourth-order valence-electron chi connectivity index (χ4n) is 3.21. The van der Waals surface area contributed by atoms with E-state index in [0.29, 0.717) is 17.3 Å². The van der Waals surface area contributed by atoms with Crippen LogP contribution in [0.2, 0.25) is 0 Å². The highest BCUT2D eigenvalue weighted by atomic mass is 16.5. The zero-order chi connectivity index (χ0) is 21.1. The third-order valence-corrected chi connectivity index (χ3v) is 5.00. The number of aryl methyl sites for hydroxylation is 3. The summed E-state index contributed by atoms with van der Waals surface area (Å²) in [4.78, 5) is 17.0. The van der Waals surface area contributed by atoms with Crippen LogP contribution in [-0.2, 0) is 11.2 Å². The number of rotatable bonds is 6. The van der Waals surface area contributed by atoms with E-state index in [1.165, 1.54) is 5.56 Å². The van der Waals surface area contributed by atoms with Crippen LogP contribution in [0.4, 0.5) is 5.69 Å². The number of hydrogen-bond acceptors (Lipinski definition) is 4. The zero-order valence-corrected chi connectivity index (χ0v) is 17.4. The van der Waals surface area contributed by atoms with Gasteiger partial charge in [0.15, 0.2) is 12.2 Å². The number of aromatic nitrogens is 1. The number of anilines is 1. The van der Waals surface area contributed by atoms with E-state index in [9.17, 15) is 4.79 Å². The van der Waals surface area contributed by atoms with Gasteiger partial charge in [-0.15, -0.1) is 0 Å². The van der Waals surface area contributed by atoms with Crippen LogP contribution in [-0.4, -0.2) is 17.5 Å². The molecule has 0 unspecified atom stereocenters. The summed E-state index contributed by atoms with van der Waals surface area (Å²) < 4.78 is 11.5. The Morgan fingerprint density at radius 3 is 2.60 bits per heavy atom. The van der Waals surface area contributed by atoms with E-state index in [1.54, 1.807) is 0 Å². The molecule has 0 aliphatic carbocycles. The molecule has 1 N–H and O–H groups in total. The van der Waals surface area contributed by atoms with Crippen LogP contribution in [0.1, 0.15) is 23.6 Å². The molecular formula is C25H24N2O3. The van der Waals surface area contributed by atoms with Crippen molar-refractivity contribution in [3.8, 4) is 17.2 Å². The summed E-state index contributed by atoms with van der Waals surface area (Å²) in [6.45, 7) is 6.01. The number of carbonyl (C=O) groups is 1. The molecule has 0 spiro atoms. The summed E-state index contributed by atoms with van der Waals surface area (Å²) in [5.41, 5.74) is 6.38. The number of amides is 1. The molecule has 0 aliphatic heterocycles. The van der Waals surface area contributed by atoms with Crippen LogP contribution in [0.5, 0.6) is 5.75 Å². The van der Waals surface area contributed by atoms with E-state index in [1.807, 2.05) is 74.5 Å². The molecule has 152 valence electrons. The van der Waals surface area contributed by atoms with Crippen molar-refractivity contribution in [2.45, 2.75) is 27.2 Å². The van der Waals surface area contributed by atoms with E-state index >= 15 is 0 Å². The van der Waals surface area contributed by atoms with Gasteiger partial charge in [0, 0.05) is 11.3 Å². The monoisotopic (exact) mass is 400 g/mol. The summed E-state index contributed by atoms with van der Waals surface area (Å²) in [7, 11) is 0. The zero-order valence-electron chi connectivity index (χ0n) is 17.4. The molecule has 3 aromatic carbocycles. The first-order valence-electron chi connectivity index (χ1n) is 10.0. The van der Waals surface area contributed by atoms with Crippen molar-refractivity contribution in [1.29, 1.82) is 0 Å². The summed E-state index contributed by atoms with van der Waals surface area (Å²) >= 11 is 0. The van der Waals surface area contributed by atoms with Crippen LogP contribution < -0.4 is 10.1 Å². The lowest BCUT2D eigenvalue weighted by Crippen LogP contribution is -2.20. The Morgan fingerprint density at radius 2 is 1.83 bits per heavy atom. The molecule has 1 aromatic heterocycles. The van der Waals surface area contributed by atoms with Crippen LogP contribution in [0.15, 0.2) is 65.1 Å². The Kier molecular flexibility index (Phi) is 5.53. The third-order valence-electron chi connectivity index (χ3n) is 5.00. The molecular weight excluding hydrogens is 376 g/mol. The van der Waals surface area contributed by atoms with Gasteiger partial charge in [0.2, 0.25) is 5.89 Å². The first-order valence-corrected chi connectivity index (χ1v) is 10.0. The largest absolute Gasteiger partial charge is 0.484 e. The number of nitrogens with zero attached hydrogens (tertiary/aromatic N) is 1. The maximum Gasteiger partial charge on any atom is 0.262 e. The predicted molar refractivity (Wildman–Crippen MR) is 119 cm³/mol. The molecule has 0 radical (unpaired) electrons. The van der Waals surface area contributed by atoms with Crippen LogP contribution >= 0.6 is 0 Å². The first-order chi connectivity index (χ1) is 14.5. The molecule has 1 heterocycles. The normalized spacial score (nSPS) is 10.9. The summed E-state index contributed by atoms with van der Waals surface area (Å²) in [6, 6.07) is 19.4. The minimum absolute atomic E-state index is 0.0582. The molecule has 0 saturated heterocycles. The molecule has 0 bridgehead atoms. The third kappa shape index (κ3) is 4.35. The number of oxazole rings is 1. The van der Waals surface area contributed by atoms with E-state index < -0.39 is 0 Å². The summed E-state index contributed by atoms with van der Waals surface area (Å²) in [6.07, 6.45) is 0.968. The lowest BCUT2D eigenvalue weighted by atomic mass is 10.1. The molecule has 0 fully saturated rings. The standard InChI is InChI=1S/C25H24N2O3/c1-4-18-7-10-20(11-8-18)29-15-24(28)26-21-14-19(9-6-17(21)3)25-27-22-13-16(2)5-12-23(22)30-25/h5-14H,4,15H2,1-3H3,(H,26,28). The Bertz CT molecular complexity index is 1190. The van der Waals surface area contributed by atoms with Gasteiger partial charge in [-0.05, 0) is 73.4 Å². The van der Waals surface area contributed by atoms with Gasteiger partial charge in [-0.25, -0.2) is 4.98 Å². The van der Waals surface area contributed by atoms with Crippen LogP contribution in [0.3, 0.4) is 0 Å². The van der Waals surface area contributed by atoms with Gasteiger partial charge >= 0.3 is 0 Å². The second-order valence-electron chi connectivity index (χ2n) is 7.35. The van der Waals surface area contributed by atoms with Crippen LogP contribution in [0.25, 0.3) is 22.6 Å². The van der Waals surface area contributed by atoms with E-state index in [0.717, 1.165) is 34.2 Å². The highest BCUT2D eigenvalue weighted by Gasteiger charge is 2.12. The second-order valence-corrected chi connectivity index (χ2v) is 7.35. The first kappa shape index (κ1) is 19.7. The SMILES string of the molecule is CCc1ccc(OCC(=O)Nc2cc(-c3nc4cc(C)ccc4o3)ccc2C)cc1.